The van der Waals surface area contributed by atoms with Crippen LogP contribution in [0.15, 0.2) is 24.3 Å². The minimum atomic E-state index is -0.778. The number of rotatable bonds is 9. The number of hydrogen-bond acceptors (Lipinski definition) is 5. The van der Waals surface area contributed by atoms with Crippen LogP contribution in [0.25, 0.3) is 0 Å². The molecule has 0 aromatic heterocycles. The highest BCUT2D eigenvalue weighted by Crippen LogP contribution is 2.60. The van der Waals surface area contributed by atoms with Gasteiger partial charge in [0.25, 0.3) is 5.91 Å². The summed E-state index contributed by atoms with van der Waals surface area (Å²) in [6, 6.07) is 5.72. The van der Waals surface area contributed by atoms with Crippen LogP contribution in [0.5, 0.6) is 0 Å². The molecular weight excluding hydrogens is 434 g/mol. The number of esters is 1. The maximum Gasteiger partial charge on any atom is 0.329 e. The molecule has 4 aliphatic rings. The van der Waals surface area contributed by atoms with Gasteiger partial charge in [-0.1, -0.05) is 11.6 Å². The highest BCUT2D eigenvalue weighted by Gasteiger charge is 2.54. The third kappa shape index (κ3) is 5.11. The molecule has 0 saturated heterocycles. The molecule has 1 amide bonds. The second-order valence-electron chi connectivity index (χ2n) is 9.54. The Balaban J connectivity index is 1.35. The van der Waals surface area contributed by atoms with Crippen LogP contribution < -0.4 is 5.32 Å². The molecule has 0 aliphatic heterocycles. The molecule has 1 atom stereocenters. The zero-order valence-corrected chi connectivity index (χ0v) is 19.5. The second kappa shape index (κ2) is 9.53. The van der Waals surface area contributed by atoms with Gasteiger partial charge in [0.1, 0.15) is 6.04 Å². The predicted octanol–water partition coefficient (Wildman–Crippen LogP) is 4.52. The molecule has 4 saturated carbocycles. The van der Waals surface area contributed by atoms with Crippen molar-refractivity contribution in [3.05, 3.63) is 34.9 Å². The Labute approximate surface area is 193 Å². The Morgan fingerprint density at radius 1 is 1.10 bits per heavy atom. The van der Waals surface area contributed by atoms with E-state index in [-0.39, 0.29) is 23.7 Å². The highest BCUT2D eigenvalue weighted by atomic mass is 35.5. The first-order valence-corrected chi connectivity index (χ1v) is 12.9. The number of nitrogens with one attached hydrogen (secondary N) is 1. The van der Waals surface area contributed by atoms with Crippen LogP contribution in [-0.2, 0) is 14.3 Å². The van der Waals surface area contributed by atoms with E-state index in [2.05, 4.69) is 5.32 Å². The highest BCUT2D eigenvalue weighted by molar-refractivity contribution is 7.98. The predicted molar refractivity (Wildman–Crippen MR) is 122 cm³/mol. The maximum absolute atomic E-state index is 13.1. The molecule has 1 aromatic carbocycles. The number of carbonyl (C=O) groups excluding carboxylic acids is 3. The second-order valence-corrected chi connectivity index (χ2v) is 11.0. The normalized spacial score (nSPS) is 29.4. The van der Waals surface area contributed by atoms with E-state index in [1.807, 2.05) is 6.26 Å². The number of Topliss-reactive ketones (excluding diaryl/α,β-unsaturated/α-hetero) is 1. The summed E-state index contributed by atoms with van der Waals surface area (Å²) in [6.07, 6.45) is 9.06. The van der Waals surface area contributed by atoms with Gasteiger partial charge in [-0.3, -0.25) is 9.59 Å². The summed E-state index contributed by atoms with van der Waals surface area (Å²) in [5, 5.41) is 3.31. The van der Waals surface area contributed by atoms with E-state index >= 15 is 0 Å². The summed E-state index contributed by atoms with van der Waals surface area (Å²) in [7, 11) is 0. The van der Waals surface area contributed by atoms with Gasteiger partial charge in [0, 0.05) is 16.0 Å². The van der Waals surface area contributed by atoms with Gasteiger partial charge in [-0.15, -0.1) is 0 Å². The summed E-state index contributed by atoms with van der Waals surface area (Å²) in [5.74, 6) is 1.88. The molecule has 0 heterocycles. The van der Waals surface area contributed by atoms with E-state index in [1.165, 1.54) is 19.3 Å². The van der Waals surface area contributed by atoms with E-state index in [0.717, 1.165) is 19.3 Å². The van der Waals surface area contributed by atoms with Crippen molar-refractivity contribution in [2.75, 3.05) is 18.6 Å². The lowest BCUT2D eigenvalue weighted by molar-refractivity contribution is -0.158. The SMILES string of the molecule is CSCCC(NC(=O)c1ccc(Cl)cc1)C(=O)OCC(=O)C12CC3CC(CC(C3)C1)C2. The number of carbonyl (C=O) groups is 3. The Morgan fingerprint density at radius 2 is 1.68 bits per heavy atom. The van der Waals surface area contributed by atoms with E-state index < -0.39 is 12.0 Å². The van der Waals surface area contributed by atoms with E-state index in [1.54, 1.807) is 36.0 Å². The van der Waals surface area contributed by atoms with Crippen LogP contribution in [-0.4, -0.2) is 42.3 Å². The zero-order valence-electron chi connectivity index (χ0n) is 17.9. The molecule has 7 heteroatoms. The molecule has 0 radical (unpaired) electrons. The fraction of sp³-hybridized carbons (Fsp3) is 0.625. The average Bonchev–Trinajstić information content (AvgIpc) is 2.74. The third-order valence-electron chi connectivity index (χ3n) is 7.28. The summed E-state index contributed by atoms with van der Waals surface area (Å²) in [6.45, 7) is -0.183. The van der Waals surface area contributed by atoms with Crippen molar-refractivity contribution < 1.29 is 19.1 Å². The van der Waals surface area contributed by atoms with Gasteiger partial charge in [0.05, 0.1) is 0 Å². The van der Waals surface area contributed by atoms with E-state index in [0.29, 0.717) is 40.5 Å². The van der Waals surface area contributed by atoms with Gasteiger partial charge in [0.15, 0.2) is 12.4 Å². The van der Waals surface area contributed by atoms with Gasteiger partial charge in [0.2, 0.25) is 0 Å². The quantitative estimate of drug-likeness (QED) is 0.545. The van der Waals surface area contributed by atoms with Crippen molar-refractivity contribution in [2.24, 2.45) is 23.2 Å². The zero-order chi connectivity index (χ0) is 22.0. The topological polar surface area (TPSA) is 72.5 Å². The van der Waals surface area contributed by atoms with Crippen molar-refractivity contribution in [3.63, 3.8) is 0 Å². The van der Waals surface area contributed by atoms with Crippen molar-refractivity contribution >= 4 is 41.0 Å². The smallest absolute Gasteiger partial charge is 0.329 e. The third-order valence-corrected chi connectivity index (χ3v) is 8.18. The van der Waals surface area contributed by atoms with Gasteiger partial charge >= 0.3 is 5.97 Å². The molecule has 0 spiro atoms. The van der Waals surface area contributed by atoms with Crippen LogP contribution in [0.3, 0.4) is 0 Å². The van der Waals surface area contributed by atoms with Gasteiger partial charge < -0.3 is 10.1 Å². The minimum Gasteiger partial charge on any atom is -0.456 e. The molecule has 4 bridgehead atoms. The Morgan fingerprint density at radius 3 is 2.23 bits per heavy atom. The molecule has 4 fully saturated rings. The Kier molecular flexibility index (Phi) is 6.97. The van der Waals surface area contributed by atoms with Crippen LogP contribution in [0, 0.1) is 23.2 Å². The van der Waals surface area contributed by atoms with Crippen molar-refractivity contribution in [1.29, 1.82) is 0 Å². The first-order valence-electron chi connectivity index (χ1n) is 11.1. The van der Waals surface area contributed by atoms with Gasteiger partial charge in [-0.25, -0.2) is 4.79 Å². The fourth-order valence-electron chi connectivity index (χ4n) is 6.17. The lowest BCUT2D eigenvalue weighted by Gasteiger charge is -2.55. The van der Waals surface area contributed by atoms with Gasteiger partial charge in [-0.05, 0) is 99.0 Å². The van der Waals surface area contributed by atoms with E-state index in [9.17, 15) is 14.4 Å². The maximum atomic E-state index is 13.1. The summed E-state index contributed by atoms with van der Waals surface area (Å²) >= 11 is 7.48. The van der Waals surface area contributed by atoms with Crippen molar-refractivity contribution in [1.82, 2.24) is 5.32 Å². The number of halogens is 1. The number of ketones is 1. The molecule has 1 aromatic rings. The lowest BCUT2D eigenvalue weighted by atomic mass is 9.48. The average molecular weight is 464 g/mol. The van der Waals surface area contributed by atoms with Crippen LogP contribution in [0.4, 0.5) is 0 Å². The molecule has 4 aliphatic carbocycles. The van der Waals surface area contributed by atoms with Crippen molar-refractivity contribution in [2.45, 2.75) is 51.0 Å². The monoisotopic (exact) mass is 463 g/mol. The van der Waals surface area contributed by atoms with Crippen molar-refractivity contribution in [3.8, 4) is 0 Å². The van der Waals surface area contributed by atoms with Crippen LogP contribution >= 0.6 is 23.4 Å². The van der Waals surface area contributed by atoms with Gasteiger partial charge in [-0.2, -0.15) is 11.8 Å². The van der Waals surface area contributed by atoms with Crippen LogP contribution in [0.1, 0.15) is 55.3 Å². The Hall–Kier alpha value is -1.53. The fourth-order valence-corrected chi connectivity index (χ4v) is 6.77. The molecule has 5 nitrogen and oxygen atoms in total. The summed E-state index contributed by atoms with van der Waals surface area (Å²) in [5.41, 5.74) is 0.145. The summed E-state index contributed by atoms with van der Waals surface area (Å²) in [4.78, 5) is 38.5. The molecular formula is C24H30ClNO4S. The molecule has 1 unspecified atom stereocenters. The molecule has 1 N–H and O–H groups in total. The first kappa shape index (κ1) is 22.7. The number of thioether (sulfide) groups is 1. The number of hydrogen-bond donors (Lipinski definition) is 1. The van der Waals surface area contributed by atoms with Crippen LogP contribution in [0.2, 0.25) is 5.02 Å². The molecule has 31 heavy (non-hydrogen) atoms. The largest absolute Gasteiger partial charge is 0.456 e. The standard InChI is InChI=1S/C24H30ClNO4S/c1-31-7-6-20(26-22(28)18-2-4-19(25)5-3-18)23(29)30-14-21(27)24-11-15-8-16(12-24)10-17(9-15)13-24/h2-5,15-17,20H,6-14H2,1H3,(H,26,28). The first-order chi connectivity index (χ1) is 14.9. The molecule has 5 rings (SSSR count). The minimum absolute atomic E-state index is 0.0765. The number of amides is 1. The number of benzene rings is 1. The van der Waals surface area contributed by atoms with E-state index in [4.69, 9.17) is 16.3 Å². The summed E-state index contributed by atoms with van der Waals surface area (Å²) < 4.78 is 5.47. The molecule has 168 valence electrons. The number of ether oxygens (including phenoxy) is 1. The lowest BCUT2D eigenvalue weighted by Crippen LogP contribution is -2.51. The Bertz CT molecular complexity index is 805.